The summed E-state index contributed by atoms with van der Waals surface area (Å²) in [6.45, 7) is 9.17. The maximum Gasteiger partial charge on any atom is 0.305 e. The zero-order chi connectivity index (χ0) is 22.7. The minimum absolute atomic E-state index is 0.0339. The van der Waals surface area contributed by atoms with Crippen molar-refractivity contribution in [3.05, 3.63) is 0 Å². The van der Waals surface area contributed by atoms with E-state index in [4.69, 9.17) is 9.47 Å². The van der Waals surface area contributed by atoms with E-state index in [-0.39, 0.29) is 11.9 Å². The lowest BCUT2D eigenvalue weighted by atomic mass is 10.1. The SMILES string of the molecule is CCCCCCCC(=O)OCC.CCCCCCCCCCCCCC(=O)OCC. The van der Waals surface area contributed by atoms with Crippen molar-refractivity contribution in [1.82, 2.24) is 0 Å². The van der Waals surface area contributed by atoms with Gasteiger partial charge in [-0.2, -0.15) is 0 Å². The molecular formula is C26H52O4. The lowest BCUT2D eigenvalue weighted by Gasteiger charge is -2.03. The van der Waals surface area contributed by atoms with E-state index in [1.807, 2.05) is 13.8 Å². The molecule has 0 aromatic heterocycles. The summed E-state index contributed by atoms with van der Waals surface area (Å²) in [7, 11) is 0. The van der Waals surface area contributed by atoms with Crippen molar-refractivity contribution in [2.45, 2.75) is 143 Å². The van der Waals surface area contributed by atoms with Crippen LogP contribution in [0.1, 0.15) is 143 Å². The fourth-order valence-corrected chi connectivity index (χ4v) is 3.27. The zero-order valence-corrected chi connectivity index (χ0v) is 20.8. The van der Waals surface area contributed by atoms with Crippen LogP contribution in [0.5, 0.6) is 0 Å². The zero-order valence-electron chi connectivity index (χ0n) is 20.8. The molecule has 0 radical (unpaired) electrons. The van der Waals surface area contributed by atoms with Gasteiger partial charge in [-0.05, 0) is 26.7 Å². The summed E-state index contributed by atoms with van der Waals surface area (Å²) >= 11 is 0. The average molecular weight is 429 g/mol. The fourth-order valence-electron chi connectivity index (χ4n) is 3.27. The van der Waals surface area contributed by atoms with Crippen molar-refractivity contribution < 1.29 is 19.1 Å². The smallest absolute Gasteiger partial charge is 0.305 e. The topological polar surface area (TPSA) is 52.6 Å². The quantitative estimate of drug-likeness (QED) is 0.145. The summed E-state index contributed by atoms with van der Waals surface area (Å²) in [5.74, 6) is -0.0811. The molecule has 0 N–H and O–H groups in total. The summed E-state index contributed by atoms with van der Waals surface area (Å²) in [5.41, 5.74) is 0. The number of esters is 2. The van der Waals surface area contributed by atoms with Gasteiger partial charge in [0.2, 0.25) is 0 Å². The first-order valence-corrected chi connectivity index (χ1v) is 12.9. The van der Waals surface area contributed by atoms with E-state index in [2.05, 4.69) is 13.8 Å². The van der Waals surface area contributed by atoms with E-state index in [0.717, 1.165) is 19.3 Å². The second-order valence-electron chi connectivity index (χ2n) is 8.06. The van der Waals surface area contributed by atoms with Crippen LogP contribution in [0.15, 0.2) is 0 Å². The van der Waals surface area contributed by atoms with Crippen LogP contribution in [0, 0.1) is 0 Å². The molecule has 0 heterocycles. The van der Waals surface area contributed by atoms with Gasteiger partial charge in [-0.3, -0.25) is 9.59 Å². The van der Waals surface area contributed by atoms with E-state index >= 15 is 0 Å². The molecule has 0 rings (SSSR count). The summed E-state index contributed by atoms with van der Waals surface area (Å²) in [6.07, 6.45) is 21.6. The van der Waals surface area contributed by atoms with Gasteiger partial charge in [-0.15, -0.1) is 0 Å². The number of hydrogen-bond donors (Lipinski definition) is 0. The highest BCUT2D eigenvalue weighted by Crippen LogP contribution is 2.12. The molecule has 0 bridgehead atoms. The van der Waals surface area contributed by atoms with Crippen molar-refractivity contribution in [2.24, 2.45) is 0 Å². The lowest BCUT2D eigenvalue weighted by Crippen LogP contribution is -2.03. The van der Waals surface area contributed by atoms with Gasteiger partial charge >= 0.3 is 11.9 Å². The van der Waals surface area contributed by atoms with Crippen LogP contribution < -0.4 is 0 Å². The first-order valence-electron chi connectivity index (χ1n) is 12.9. The number of ether oxygens (including phenoxy) is 2. The molecule has 0 saturated heterocycles. The number of carbonyl (C=O) groups excluding carboxylic acids is 2. The van der Waals surface area contributed by atoms with E-state index in [0.29, 0.717) is 26.1 Å². The van der Waals surface area contributed by atoms with Crippen molar-refractivity contribution in [3.63, 3.8) is 0 Å². The van der Waals surface area contributed by atoms with Crippen molar-refractivity contribution in [1.29, 1.82) is 0 Å². The van der Waals surface area contributed by atoms with Gasteiger partial charge in [-0.1, -0.05) is 104 Å². The number of rotatable bonds is 20. The standard InChI is InChI=1S/C16H32O2.C10H20O2/c1-3-5-6-7-8-9-10-11-12-13-14-15-16(17)18-4-2;1-3-5-6-7-8-9-10(11)12-4-2/h3-15H2,1-2H3;3-9H2,1-2H3. The van der Waals surface area contributed by atoms with Crippen LogP contribution in [-0.2, 0) is 19.1 Å². The Morgan fingerprint density at radius 3 is 0.967 bits per heavy atom. The van der Waals surface area contributed by atoms with Gasteiger partial charge in [-0.25, -0.2) is 0 Å². The Hall–Kier alpha value is -1.06. The van der Waals surface area contributed by atoms with Gasteiger partial charge in [0.15, 0.2) is 0 Å². The van der Waals surface area contributed by atoms with Crippen LogP contribution in [0.25, 0.3) is 0 Å². The van der Waals surface area contributed by atoms with Crippen LogP contribution in [0.4, 0.5) is 0 Å². The summed E-state index contributed by atoms with van der Waals surface area (Å²) < 4.78 is 9.70. The monoisotopic (exact) mass is 428 g/mol. The van der Waals surface area contributed by atoms with Crippen LogP contribution in [-0.4, -0.2) is 25.2 Å². The molecule has 0 fully saturated rings. The van der Waals surface area contributed by atoms with Gasteiger partial charge in [0.25, 0.3) is 0 Å². The minimum atomic E-state index is -0.0472. The van der Waals surface area contributed by atoms with Crippen molar-refractivity contribution in [3.8, 4) is 0 Å². The summed E-state index contributed by atoms with van der Waals surface area (Å²) in [5, 5.41) is 0. The van der Waals surface area contributed by atoms with Gasteiger partial charge in [0.1, 0.15) is 0 Å². The number of carbonyl (C=O) groups is 2. The predicted molar refractivity (Wildman–Crippen MR) is 128 cm³/mol. The molecule has 0 aromatic carbocycles. The molecule has 0 unspecified atom stereocenters. The third-order valence-electron chi connectivity index (χ3n) is 5.08. The Morgan fingerprint density at radius 2 is 0.700 bits per heavy atom. The van der Waals surface area contributed by atoms with E-state index in [9.17, 15) is 9.59 Å². The molecule has 0 aliphatic rings. The maximum atomic E-state index is 11.1. The molecule has 0 atom stereocenters. The highest BCUT2D eigenvalue weighted by molar-refractivity contribution is 5.69. The average Bonchev–Trinajstić information content (AvgIpc) is 2.73. The third kappa shape index (κ3) is 29.1. The van der Waals surface area contributed by atoms with E-state index < -0.39 is 0 Å². The first kappa shape index (κ1) is 31.1. The summed E-state index contributed by atoms with van der Waals surface area (Å²) in [4.78, 5) is 21.9. The maximum absolute atomic E-state index is 11.1. The molecule has 180 valence electrons. The molecule has 30 heavy (non-hydrogen) atoms. The van der Waals surface area contributed by atoms with E-state index in [1.54, 1.807) is 0 Å². The normalized spacial score (nSPS) is 10.3. The molecule has 4 nitrogen and oxygen atoms in total. The Morgan fingerprint density at radius 1 is 0.433 bits per heavy atom. The predicted octanol–water partition coefficient (Wildman–Crippen LogP) is 8.16. The number of hydrogen-bond acceptors (Lipinski definition) is 4. The van der Waals surface area contributed by atoms with Crippen molar-refractivity contribution in [2.75, 3.05) is 13.2 Å². The van der Waals surface area contributed by atoms with Gasteiger partial charge in [0, 0.05) is 12.8 Å². The molecule has 0 aliphatic carbocycles. The third-order valence-corrected chi connectivity index (χ3v) is 5.08. The second kappa shape index (κ2) is 27.9. The highest BCUT2D eigenvalue weighted by atomic mass is 16.5. The Balaban J connectivity index is 0. The minimum Gasteiger partial charge on any atom is -0.466 e. The van der Waals surface area contributed by atoms with E-state index in [1.165, 1.54) is 83.5 Å². The summed E-state index contributed by atoms with van der Waals surface area (Å²) in [6, 6.07) is 0. The largest absolute Gasteiger partial charge is 0.466 e. The molecule has 4 heteroatoms. The Kier molecular flexibility index (Phi) is 29.0. The molecule has 0 amide bonds. The fraction of sp³-hybridized carbons (Fsp3) is 0.923. The Bertz CT molecular complexity index is 355. The molecule has 0 saturated carbocycles. The van der Waals surface area contributed by atoms with Gasteiger partial charge in [0.05, 0.1) is 13.2 Å². The molecule has 0 aliphatic heterocycles. The van der Waals surface area contributed by atoms with Crippen LogP contribution in [0.3, 0.4) is 0 Å². The van der Waals surface area contributed by atoms with Crippen molar-refractivity contribution >= 4 is 11.9 Å². The highest BCUT2D eigenvalue weighted by Gasteiger charge is 2.01. The molecular weight excluding hydrogens is 376 g/mol. The molecule has 0 spiro atoms. The lowest BCUT2D eigenvalue weighted by molar-refractivity contribution is -0.144. The second-order valence-corrected chi connectivity index (χ2v) is 8.06. The van der Waals surface area contributed by atoms with Gasteiger partial charge < -0.3 is 9.47 Å². The Labute approximate surface area is 187 Å². The first-order chi connectivity index (χ1) is 14.6. The number of unbranched alkanes of at least 4 members (excludes halogenated alkanes) is 14. The van der Waals surface area contributed by atoms with Crippen LogP contribution >= 0.6 is 0 Å². The van der Waals surface area contributed by atoms with Crippen LogP contribution in [0.2, 0.25) is 0 Å². The molecule has 0 aromatic rings.